The van der Waals surface area contributed by atoms with E-state index in [1.807, 2.05) is 11.4 Å². The molecule has 0 saturated carbocycles. The first-order valence-corrected chi connectivity index (χ1v) is 7.42. The summed E-state index contributed by atoms with van der Waals surface area (Å²) in [4.78, 5) is 16.9. The van der Waals surface area contributed by atoms with E-state index in [1.54, 1.807) is 18.3 Å². The highest BCUT2D eigenvalue weighted by Gasteiger charge is 2.20. The van der Waals surface area contributed by atoms with E-state index in [0.717, 1.165) is 0 Å². The lowest BCUT2D eigenvalue weighted by atomic mass is 10.0. The maximum atomic E-state index is 11.5. The molecule has 0 aliphatic heterocycles. The number of ether oxygens (including phenoxy) is 1. The Labute approximate surface area is 122 Å². The molecule has 2 aromatic rings. The highest BCUT2D eigenvalue weighted by molar-refractivity contribution is 7.10. The molecule has 6 heteroatoms. The van der Waals surface area contributed by atoms with Crippen LogP contribution in [0.4, 0.5) is 6.01 Å². The van der Waals surface area contributed by atoms with Crippen molar-refractivity contribution in [2.24, 2.45) is 5.92 Å². The van der Waals surface area contributed by atoms with Crippen LogP contribution >= 0.6 is 11.3 Å². The second-order valence-electron chi connectivity index (χ2n) is 4.64. The van der Waals surface area contributed by atoms with Gasteiger partial charge in [0.05, 0.1) is 12.6 Å². The van der Waals surface area contributed by atoms with Crippen LogP contribution in [0, 0.1) is 5.92 Å². The van der Waals surface area contributed by atoms with Crippen molar-refractivity contribution in [1.82, 2.24) is 4.98 Å². The van der Waals surface area contributed by atoms with Crippen LogP contribution in [0.2, 0.25) is 0 Å². The average Bonchev–Trinajstić information content (AvgIpc) is 3.07. The Morgan fingerprint density at radius 2 is 2.35 bits per heavy atom. The molecule has 0 spiro atoms. The van der Waals surface area contributed by atoms with Crippen molar-refractivity contribution in [1.29, 1.82) is 0 Å². The Bertz CT molecular complexity index is 549. The number of hydrogen-bond acceptors (Lipinski definition) is 6. The zero-order chi connectivity index (χ0) is 14.5. The molecule has 1 N–H and O–H groups in total. The fourth-order valence-corrected chi connectivity index (χ4v) is 2.76. The van der Waals surface area contributed by atoms with E-state index in [-0.39, 0.29) is 11.7 Å². The van der Waals surface area contributed by atoms with Crippen LogP contribution in [-0.4, -0.2) is 17.6 Å². The van der Waals surface area contributed by atoms with Gasteiger partial charge < -0.3 is 14.5 Å². The summed E-state index contributed by atoms with van der Waals surface area (Å²) in [5.41, 5.74) is 0.183. The van der Waals surface area contributed by atoms with Crippen LogP contribution in [0.1, 0.15) is 42.2 Å². The summed E-state index contributed by atoms with van der Waals surface area (Å²) in [5.74, 6) is -0.104. The molecule has 0 bridgehead atoms. The van der Waals surface area contributed by atoms with Crippen molar-refractivity contribution in [2.75, 3.05) is 11.9 Å². The number of oxazole rings is 1. The molecule has 2 aromatic heterocycles. The molecular formula is C14H18N2O3S. The van der Waals surface area contributed by atoms with Gasteiger partial charge >= 0.3 is 5.97 Å². The van der Waals surface area contributed by atoms with Crippen molar-refractivity contribution < 1.29 is 13.9 Å². The molecule has 5 nitrogen and oxygen atoms in total. The van der Waals surface area contributed by atoms with E-state index >= 15 is 0 Å². The molecular weight excluding hydrogens is 276 g/mol. The largest absolute Gasteiger partial charge is 0.461 e. The number of rotatable bonds is 6. The van der Waals surface area contributed by atoms with Gasteiger partial charge in [0.15, 0.2) is 5.69 Å². The summed E-state index contributed by atoms with van der Waals surface area (Å²) in [5, 5.41) is 5.26. The van der Waals surface area contributed by atoms with E-state index in [0.29, 0.717) is 18.5 Å². The number of hydrogen-bond donors (Lipinski definition) is 1. The van der Waals surface area contributed by atoms with Crippen LogP contribution in [-0.2, 0) is 4.74 Å². The summed E-state index contributed by atoms with van der Waals surface area (Å²) < 4.78 is 10.2. The SMILES string of the molecule is CCOC(=O)c1coc(NC(c2cccs2)C(C)C)n1. The van der Waals surface area contributed by atoms with Gasteiger partial charge in [0, 0.05) is 4.88 Å². The first kappa shape index (κ1) is 14.6. The molecule has 0 amide bonds. The number of aromatic nitrogens is 1. The molecule has 0 saturated heterocycles. The van der Waals surface area contributed by atoms with Gasteiger partial charge in [0.25, 0.3) is 6.01 Å². The minimum absolute atomic E-state index is 0.101. The zero-order valence-corrected chi connectivity index (χ0v) is 12.6. The molecule has 0 aliphatic carbocycles. The number of nitrogens with one attached hydrogen (secondary N) is 1. The topological polar surface area (TPSA) is 64.4 Å². The first-order valence-electron chi connectivity index (χ1n) is 6.54. The normalized spacial score (nSPS) is 12.4. The lowest BCUT2D eigenvalue weighted by Gasteiger charge is -2.19. The second kappa shape index (κ2) is 6.56. The third-order valence-corrected chi connectivity index (χ3v) is 3.74. The number of anilines is 1. The van der Waals surface area contributed by atoms with Gasteiger partial charge in [0.1, 0.15) is 6.26 Å². The fourth-order valence-electron chi connectivity index (χ4n) is 1.81. The standard InChI is InChI=1S/C14H18N2O3S/c1-4-18-13(17)10-8-19-14(15-10)16-12(9(2)3)11-6-5-7-20-11/h5-9,12H,4H2,1-3H3,(H,15,16). The van der Waals surface area contributed by atoms with Gasteiger partial charge in [-0.15, -0.1) is 11.3 Å². The predicted octanol–water partition coefficient (Wildman–Crippen LogP) is 3.72. The number of esters is 1. The van der Waals surface area contributed by atoms with Crippen molar-refractivity contribution in [2.45, 2.75) is 26.8 Å². The molecule has 20 heavy (non-hydrogen) atoms. The van der Waals surface area contributed by atoms with Gasteiger partial charge in [-0.3, -0.25) is 0 Å². The lowest BCUT2D eigenvalue weighted by Crippen LogP contribution is -2.16. The van der Waals surface area contributed by atoms with Crippen LogP contribution in [0.3, 0.4) is 0 Å². The maximum Gasteiger partial charge on any atom is 0.360 e. The van der Waals surface area contributed by atoms with E-state index in [9.17, 15) is 4.79 Å². The molecule has 0 radical (unpaired) electrons. The predicted molar refractivity (Wildman–Crippen MR) is 78.0 cm³/mol. The van der Waals surface area contributed by atoms with Crippen molar-refractivity contribution in [3.05, 3.63) is 34.3 Å². The Balaban J connectivity index is 2.10. The monoisotopic (exact) mass is 294 g/mol. The number of carbonyl (C=O) groups is 1. The Morgan fingerprint density at radius 3 is 2.95 bits per heavy atom. The summed E-state index contributed by atoms with van der Waals surface area (Å²) in [7, 11) is 0. The fraction of sp³-hybridized carbons (Fsp3) is 0.429. The van der Waals surface area contributed by atoms with Crippen LogP contribution in [0.25, 0.3) is 0 Å². The molecule has 0 aromatic carbocycles. The third-order valence-electron chi connectivity index (χ3n) is 2.78. The Kier molecular flexibility index (Phi) is 4.79. The minimum Gasteiger partial charge on any atom is -0.461 e. The summed E-state index contributed by atoms with van der Waals surface area (Å²) in [6.45, 7) is 6.31. The highest BCUT2D eigenvalue weighted by atomic mass is 32.1. The number of nitrogens with zero attached hydrogens (tertiary/aromatic N) is 1. The minimum atomic E-state index is -0.471. The number of thiophene rings is 1. The van der Waals surface area contributed by atoms with Gasteiger partial charge in [-0.25, -0.2) is 4.79 Å². The molecule has 1 atom stereocenters. The molecule has 2 heterocycles. The van der Waals surface area contributed by atoms with Crippen molar-refractivity contribution in [3.8, 4) is 0 Å². The van der Waals surface area contributed by atoms with Crippen LogP contribution in [0.5, 0.6) is 0 Å². The third kappa shape index (κ3) is 3.39. The van der Waals surface area contributed by atoms with E-state index < -0.39 is 5.97 Å². The first-order chi connectivity index (χ1) is 9.61. The average molecular weight is 294 g/mol. The van der Waals surface area contributed by atoms with Gasteiger partial charge in [-0.05, 0) is 24.3 Å². The smallest absolute Gasteiger partial charge is 0.360 e. The van der Waals surface area contributed by atoms with Crippen molar-refractivity contribution in [3.63, 3.8) is 0 Å². The van der Waals surface area contributed by atoms with Crippen LogP contribution in [0.15, 0.2) is 28.2 Å². The summed E-state index contributed by atoms with van der Waals surface area (Å²) in [6.07, 6.45) is 1.31. The molecule has 2 rings (SSSR count). The Hall–Kier alpha value is -1.82. The van der Waals surface area contributed by atoms with Gasteiger partial charge in [0.2, 0.25) is 0 Å². The van der Waals surface area contributed by atoms with Gasteiger partial charge in [-0.2, -0.15) is 4.98 Å². The molecule has 0 aliphatic rings. The quantitative estimate of drug-likeness (QED) is 0.822. The second-order valence-corrected chi connectivity index (χ2v) is 5.62. The van der Waals surface area contributed by atoms with E-state index in [1.165, 1.54) is 11.1 Å². The maximum absolute atomic E-state index is 11.5. The van der Waals surface area contributed by atoms with Crippen LogP contribution < -0.4 is 5.32 Å². The summed E-state index contributed by atoms with van der Waals surface area (Å²) in [6, 6.07) is 4.51. The molecule has 0 fully saturated rings. The highest BCUT2D eigenvalue weighted by Crippen LogP contribution is 2.29. The summed E-state index contributed by atoms with van der Waals surface area (Å²) >= 11 is 1.68. The van der Waals surface area contributed by atoms with Crippen molar-refractivity contribution >= 4 is 23.3 Å². The zero-order valence-electron chi connectivity index (χ0n) is 11.8. The van der Waals surface area contributed by atoms with Gasteiger partial charge in [-0.1, -0.05) is 19.9 Å². The van der Waals surface area contributed by atoms with E-state index in [4.69, 9.17) is 9.15 Å². The Morgan fingerprint density at radius 1 is 1.55 bits per heavy atom. The number of carbonyl (C=O) groups excluding carboxylic acids is 1. The molecule has 1 unspecified atom stereocenters. The van der Waals surface area contributed by atoms with E-state index in [2.05, 4.69) is 30.2 Å². The lowest BCUT2D eigenvalue weighted by molar-refractivity contribution is 0.0519. The molecule has 108 valence electrons.